The van der Waals surface area contributed by atoms with Gasteiger partial charge in [0, 0.05) is 6.54 Å². The first-order valence-corrected chi connectivity index (χ1v) is 9.78. The Balaban J connectivity index is 1.70. The van der Waals surface area contributed by atoms with E-state index in [1.807, 2.05) is 44.2 Å². The summed E-state index contributed by atoms with van der Waals surface area (Å²) in [4.78, 5) is 37.4. The molecule has 3 aromatic rings. The minimum atomic E-state index is -0.685. The monoisotopic (exact) mass is 410 g/mol. The molecule has 1 aromatic carbocycles. The van der Waals surface area contributed by atoms with Crippen LogP contribution >= 0.6 is 0 Å². The van der Waals surface area contributed by atoms with E-state index in [-0.39, 0.29) is 18.4 Å². The standard InChI is InChI=1S/C21H26N6O3/c1-14(2)9-16(21(29)30-3)26-17(28)11-27-13-25-18-19(23-12-24-20(18)27)22-10-15-7-5-4-6-8-15/h4-8,12-14,16H,9-11H2,1-3H3,(H,26,28)(H,22,23,24)/t16-/m0/s1. The molecule has 158 valence electrons. The van der Waals surface area contributed by atoms with Gasteiger partial charge in [-0.3, -0.25) is 4.79 Å². The maximum atomic E-state index is 12.5. The first-order chi connectivity index (χ1) is 14.5. The number of fused-ring (bicyclic) bond motifs is 1. The maximum Gasteiger partial charge on any atom is 0.328 e. The van der Waals surface area contributed by atoms with Crippen molar-refractivity contribution in [3.05, 3.63) is 48.5 Å². The molecular formula is C21H26N6O3. The molecule has 0 aliphatic heterocycles. The van der Waals surface area contributed by atoms with Crippen LogP contribution in [0.3, 0.4) is 0 Å². The zero-order valence-electron chi connectivity index (χ0n) is 17.3. The minimum Gasteiger partial charge on any atom is -0.467 e. The lowest BCUT2D eigenvalue weighted by Crippen LogP contribution is -2.43. The molecule has 0 radical (unpaired) electrons. The van der Waals surface area contributed by atoms with Crippen LogP contribution in [-0.4, -0.2) is 44.5 Å². The van der Waals surface area contributed by atoms with Crippen molar-refractivity contribution in [1.82, 2.24) is 24.8 Å². The normalized spacial score (nSPS) is 12.0. The average molecular weight is 410 g/mol. The van der Waals surface area contributed by atoms with Crippen LogP contribution in [0, 0.1) is 5.92 Å². The minimum absolute atomic E-state index is 0.0166. The largest absolute Gasteiger partial charge is 0.467 e. The maximum absolute atomic E-state index is 12.5. The van der Waals surface area contributed by atoms with Crippen LogP contribution in [0.25, 0.3) is 11.2 Å². The predicted molar refractivity (Wildman–Crippen MR) is 112 cm³/mol. The van der Waals surface area contributed by atoms with Crippen LogP contribution in [0.15, 0.2) is 43.0 Å². The highest BCUT2D eigenvalue weighted by molar-refractivity contribution is 5.87. The number of benzene rings is 1. The highest BCUT2D eigenvalue weighted by atomic mass is 16.5. The Morgan fingerprint density at radius 3 is 2.60 bits per heavy atom. The van der Waals surface area contributed by atoms with Crippen LogP contribution in [0.1, 0.15) is 25.8 Å². The molecule has 0 aliphatic carbocycles. The highest BCUT2D eigenvalue weighted by Crippen LogP contribution is 2.18. The number of carbonyl (C=O) groups excluding carboxylic acids is 2. The number of amides is 1. The fourth-order valence-electron chi connectivity index (χ4n) is 3.13. The second kappa shape index (κ2) is 9.82. The quantitative estimate of drug-likeness (QED) is 0.520. The zero-order chi connectivity index (χ0) is 21.5. The molecular weight excluding hydrogens is 384 g/mol. The van der Waals surface area contributed by atoms with Gasteiger partial charge >= 0.3 is 5.97 Å². The fraction of sp³-hybridized carbons (Fsp3) is 0.381. The Kier molecular flexibility index (Phi) is 6.95. The molecule has 9 nitrogen and oxygen atoms in total. The van der Waals surface area contributed by atoms with E-state index in [1.54, 1.807) is 10.9 Å². The third-order valence-corrected chi connectivity index (χ3v) is 4.55. The second-order valence-corrected chi connectivity index (χ2v) is 7.38. The first-order valence-electron chi connectivity index (χ1n) is 9.78. The lowest BCUT2D eigenvalue weighted by atomic mass is 10.0. The smallest absolute Gasteiger partial charge is 0.328 e. The van der Waals surface area contributed by atoms with Gasteiger partial charge in [0.25, 0.3) is 0 Å². The van der Waals surface area contributed by atoms with Gasteiger partial charge in [0.1, 0.15) is 24.4 Å². The number of nitrogens with one attached hydrogen (secondary N) is 2. The van der Waals surface area contributed by atoms with E-state index in [4.69, 9.17) is 4.74 Å². The Hall–Kier alpha value is -3.49. The van der Waals surface area contributed by atoms with Gasteiger partial charge in [-0.25, -0.2) is 19.7 Å². The van der Waals surface area contributed by atoms with Crippen molar-refractivity contribution in [2.75, 3.05) is 12.4 Å². The third kappa shape index (κ3) is 5.31. The molecule has 1 atom stereocenters. The van der Waals surface area contributed by atoms with Gasteiger partial charge in [0.15, 0.2) is 11.5 Å². The van der Waals surface area contributed by atoms with E-state index in [9.17, 15) is 9.59 Å². The topological polar surface area (TPSA) is 111 Å². The van der Waals surface area contributed by atoms with Gasteiger partial charge in [-0.15, -0.1) is 0 Å². The lowest BCUT2D eigenvalue weighted by molar-refractivity contribution is -0.145. The number of esters is 1. The lowest BCUT2D eigenvalue weighted by Gasteiger charge is -2.18. The number of hydrogen-bond donors (Lipinski definition) is 2. The summed E-state index contributed by atoms with van der Waals surface area (Å²) in [5.74, 6) is 0.0507. The number of hydrogen-bond acceptors (Lipinski definition) is 7. The van der Waals surface area contributed by atoms with Crippen LogP contribution < -0.4 is 10.6 Å². The molecule has 0 unspecified atom stereocenters. The van der Waals surface area contributed by atoms with Gasteiger partial charge in [0.05, 0.1) is 13.4 Å². The van der Waals surface area contributed by atoms with Gasteiger partial charge in [-0.2, -0.15) is 0 Å². The van der Waals surface area contributed by atoms with Gasteiger partial charge < -0.3 is 19.9 Å². The number of methoxy groups -OCH3 is 1. The molecule has 0 fully saturated rings. The molecule has 0 saturated carbocycles. The Morgan fingerprint density at radius 1 is 1.13 bits per heavy atom. The number of rotatable bonds is 9. The van der Waals surface area contributed by atoms with E-state index in [0.717, 1.165) is 5.56 Å². The van der Waals surface area contributed by atoms with E-state index >= 15 is 0 Å². The summed E-state index contributed by atoms with van der Waals surface area (Å²) in [6, 6.07) is 9.26. The SMILES string of the molecule is COC(=O)[C@H](CC(C)C)NC(=O)Cn1cnc2c(NCc3ccccc3)ncnc21. The third-order valence-electron chi connectivity index (χ3n) is 4.55. The number of imidazole rings is 1. The average Bonchev–Trinajstić information content (AvgIpc) is 3.15. The molecule has 0 bridgehead atoms. The van der Waals surface area contributed by atoms with E-state index < -0.39 is 12.0 Å². The van der Waals surface area contributed by atoms with Crippen molar-refractivity contribution in [3.63, 3.8) is 0 Å². The summed E-state index contributed by atoms with van der Waals surface area (Å²) in [6.45, 7) is 4.53. The number of carbonyl (C=O) groups is 2. The van der Waals surface area contributed by atoms with Gasteiger partial charge in [-0.1, -0.05) is 44.2 Å². The summed E-state index contributed by atoms with van der Waals surface area (Å²) in [6.07, 6.45) is 3.47. The van der Waals surface area contributed by atoms with Crippen LogP contribution in [0.2, 0.25) is 0 Å². The first kappa shape index (κ1) is 21.2. The summed E-state index contributed by atoms with van der Waals surface area (Å²) in [5, 5.41) is 6.00. The molecule has 2 heterocycles. The van der Waals surface area contributed by atoms with Crippen molar-refractivity contribution in [1.29, 1.82) is 0 Å². The molecule has 0 saturated heterocycles. The van der Waals surface area contributed by atoms with Crippen molar-refractivity contribution < 1.29 is 14.3 Å². The van der Waals surface area contributed by atoms with Crippen molar-refractivity contribution in [2.45, 2.75) is 39.4 Å². The van der Waals surface area contributed by atoms with Crippen LogP contribution in [0.5, 0.6) is 0 Å². The fourth-order valence-corrected chi connectivity index (χ4v) is 3.13. The molecule has 2 N–H and O–H groups in total. The molecule has 30 heavy (non-hydrogen) atoms. The van der Waals surface area contributed by atoms with Crippen molar-refractivity contribution in [3.8, 4) is 0 Å². The summed E-state index contributed by atoms with van der Waals surface area (Å²) < 4.78 is 6.43. The summed E-state index contributed by atoms with van der Waals surface area (Å²) >= 11 is 0. The Morgan fingerprint density at radius 2 is 1.90 bits per heavy atom. The summed E-state index contributed by atoms with van der Waals surface area (Å²) in [5.41, 5.74) is 2.23. The Bertz CT molecular complexity index is 1000. The van der Waals surface area contributed by atoms with Crippen LogP contribution in [0.4, 0.5) is 5.82 Å². The number of anilines is 1. The van der Waals surface area contributed by atoms with E-state index in [2.05, 4.69) is 25.6 Å². The van der Waals surface area contributed by atoms with Gasteiger partial charge in [-0.05, 0) is 17.9 Å². The predicted octanol–water partition coefficient (Wildman–Crippen LogP) is 2.14. The molecule has 3 rings (SSSR count). The molecule has 2 aromatic heterocycles. The van der Waals surface area contributed by atoms with Gasteiger partial charge in [0.2, 0.25) is 5.91 Å². The number of ether oxygens (including phenoxy) is 1. The molecule has 0 aliphatic rings. The highest BCUT2D eigenvalue weighted by Gasteiger charge is 2.23. The molecule has 0 spiro atoms. The number of nitrogens with zero attached hydrogens (tertiary/aromatic N) is 4. The van der Waals surface area contributed by atoms with Crippen LogP contribution in [-0.2, 0) is 27.4 Å². The summed E-state index contributed by atoms with van der Waals surface area (Å²) in [7, 11) is 1.31. The zero-order valence-corrected chi connectivity index (χ0v) is 17.3. The number of aromatic nitrogens is 4. The van der Waals surface area contributed by atoms with Crippen molar-refractivity contribution in [2.24, 2.45) is 5.92 Å². The molecule has 1 amide bonds. The Labute approximate surface area is 174 Å². The molecule has 9 heteroatoms. The van der Waals surface area contributed by atoms with E-state index in [0.29, 0.717) is 29.9 Å². The second-order valence-electron chi connectivity index (χ2n) is 7.38. The van der Waals surface area contributed by atoms with E-state index in [1.165, 1.54) is 13.4 Å². The van der Waals surface area contributed by atoms with Crippen molar-refractivity contribution >= 4 is 28.9 Å².